The summed E-state index contributed by atoms with van der Waals surface area (Å²) in [5.74, 6) is 1.92. The minimum Gasteiger partial charge on any atom is -0.491 e. The van der Waals surface area contributed by atoms with E-state index >= 15 is 0 Å². The van der Waals surface area contributed by atoms with E-state index in [9.17, 15) is 0 Å². The van der Waals surface area contributed by atoms with Crippen molar-refractivity contribution in [3.63, 3.8) is 0 Å². The van der Waals surface area contributed by atoms with Gasteiger partial charge in [0.25, 0.3) is 0 Å². The van der Waals surface area contributed by atoms with E-state index in [0.29, 0.717) is 6.61 Å². The van der Waals surface area contributed by atoms with Crippen LogP contribution < -0.4 is 10.1 Å². The highest BCUT2D eigenvalue weighted by Gasteiger charge is 2.39. The lowest BCUT2D eigenvalue weighted by atomic mass is 9.88. The van der Waals surface area contributed by atoms with Gasteiger partial charge in [-0.3, -0.25) is 9.89 Å². The van der Waals surface area contributed by atoms with Crippen LogP contribution in [0.25, 0.3) is 0 Å². The number of rotatable bonds is 8. The standard InChI is InChI=1S/C23H38N4O2.HI/c1-4-24-22(26(3)15-18-29-21-10-6-5-9-20(21)2)25-19-23(11-16-28-17-12-23)27-13-7-8-14-27;/h5-6,9-10H,4,7-8,11-19H2,1-3H3,(H,24,25);1H. The highest BCUT2D eigenvalue weighted by molar-refractivity contribution is 14.0. The number of para-hydroxylation sites is 1. The summed E-state index contributed by atoms with van der Waals surface area (Å²) in [6.07, 6.45) is 4.77. The molecule has 0 amide bonds. The van der Waals surface area contributed by atoms with Gasteiger partial charge >= 0.3 is 0 Å². The predicted molar refractivity (Wildman–Crippen MR) is 134 cm³/mol. The molecular formula is C23H39IN4O2. The van der Waals surface area contributed by atoms with E-state index in [2.05, 4.69) is 42.1 Å². The third-order valence-corrected chi connectivity index (χ3v) is 6.20. The van der Waals surface area contributed by atoms with Crippen LogP contribution in [0.3, 0.4) is 0 Å². The Morgan fingerprint density at radius 3 is 2.60 bits per heavy atom. The fourth-order valence-corrected chi connectivity index (χ4v) is 4.33. The van der Waals surface area contributed by atoms with Crippen molar-refractivity contribution in [2.75, 3.05) is 59.6 Å². The number of ether oxygens (including phenoxy) is 2. The van der Waals surface area contributed by atoms with Gasteiger partial charge in [-0.1, -0.05) is 18.2 Å². The molecule has 2 saturated heterocycles. The van der Waals surface area contributed by atoms with Crippen LogP contribution in [0.2, 0.25) is 0 Å². The van der Waals surface area contributed by atoms with Gasteiger partial charge in [0.2, 0.25) is 0 Å². The van der Waals surface area contributed by atoms with Crippen LogP contribution in [0.1, 0.15) is 38.2 Å². The van der Waals surface area contributed by atoms with Crippen molar-refractivity contribution in [1.82, 2.24) is 15.1 Å². The summed E-state index contributed by atoms with van der Waals surface area (Å²) >= 11 is 0. The highest BCUT2D eigenvalue weighted by atomic mass is 127. The Labute approximate surface area is 199 Å². The molecular weight excluding hydrogens is 491 g/mol. The van der Waals surface area contributed by atoms with E-state index in [1.807, 2.05) is 18.2 Å². The zero-order valence-electron chi connectivity index (χ0n) is 18.9. The lowest BCUT2D eigenvalue weighted by Crippen LogP contribution is -2.54. The number of benzene rings is 1. The maximum absolute atomic E-state index is 5.98. The van der Waals surface area contributed by atoms with E-state index in [4.69, 9.17) is 14.5 Å². The van der Waals surface area contributed by atoms with Gasteiger partial charge in [0.15, 0.2) is 5.96 Å². The zero-order valence-corrected chi connectivity index (χ0v) is 21.2. The molecule has 1 aromatic rings. The van der Waals surface area contributed by atoms with Gasteiger partial charge in [-0.25, -0.2) is 0 Å². The van der Waals surface area contributed by atoms with Crippen LogP contribution in [0.15, 0.2) is 29.3 Å². The van der Waals surface area contributed by atoms with Crippen LogP contribution in [0, 0.1) is 6.92 Å². The number of likely N-dealkylation sites (tertiary alicyclic amines) is 1. The topological polar surface area (TPSA) is 49.3 Å². The number of halogens is 1. The third kappa shape index (κ3) is 6.72. The van der Waals surface area contributed by atoms with Crippen molar-refractivity contribution in [2.24, 2.45) is 4.99 Å². The number of aliphatic imine (C=N–C) groups is 1. The molecule has 0 aromatic heterocycles. The lowest BCUT2D eigenvalue weighted by Gasteiger charge is -2.43. The third-order valence-electron chi connectivity index (χ3n) is 6.20. The van der Waals surface area contributed by atoms with Gasteiger partial charge in [0, 0.05) is 32.3 Å². The van der Waals surface area contributed by atoms with Crippen molar-refractivity contribution in [1.29, 1.82) is 0 Å². The SMILES string of the molecule is CCNC(=NCC1(N2CCCC2)CCOCC1)N(C)CCOc1ccccc1C.I. The number of likely N-dealkylation sites (N-methyl/N-ethyl adjacent to an activating group) is 1. The summed E-state index contributed by atoms with van der Waals surface area (Å²) in [6, 6.07) is 8.16. The Morgan fingerprint density at radius 1 is 1.23 bits per heavy atom. The summed E-state index contributed by atoms with van der Waals surface area (Å²) in [5.41, 5.74) is 1.33. The van der Waals surface area contributed by atoms with Crippen molar-refractivity contribution in [3.05, 3.63) is 29.8 Å². The summed E-state index contributed by atoms with van der Waals surface area (Å²) in [4.78, 5) is 9.93. The first-order valence-corrected chi connectivity index (χ1v) is 11.2. The molecule has 2 aliphatic heterocycles. The highest BCUT2D eigenvalue weighted by Crippen LogP contribution is 2.31. The number of aryl methyl sites for hydroxylation is 1. The minimum absolute atomic E-state index is 0. The van der Waals surface area contributed by atoms with Crippen molar-refractivity contribution >= 4 is 29.9 Å². The summed E-state index contributed by atoms with van der Waals surface area (Å²) in [6.45, 7) is 11.4. The first-order chi connectivity index (χ1) is 14.1. The quantitative estimate of drug-likeness (QED) is 0.317. The molecule has 170 valence electrons. The molecule has 0 spiro atoms. The Bertz CT molecular complexity index is 658. The Morgan fingerprint density at radius 2 is 1.93 bits per heavy atom. The monoisotopic (exact) mass is 530 g/mol. The predicted octanol–water partition coefficient (Wildman–Crippen LogP) is 3.53. The van der Waals surface area contributed by atoms with E-state index in [0.717, 1.165) is 57.4 Å². The molecule has 0 radical (unpaired) electrons. The molecule has 7 heteroatoms. The van der Waals surface area contributed by atoms with Gasteiger partial charge in [0.1, 0.15) is 12.4 Å². The molecule has 0 unspecified atom stereocenters. The molecule has 2 aliphatic rings. The summed E-state index contributed by atoms with van der Waals surface area (Å²) < 4.78 is 11.7. The molecule has 6 nitrogen and oxygen atoms in total. The van der Waals surface area contributed by atoms with Crippen molar-refractivity contribution in [2.45, 2.75) is 45.1 Å². The number of nitrogens with one attached hydrogen (secondary N) is 1. The molecule has 3 rings (SSSR count). The first kappa shape index (κ1) is 25.2. The van der Waals surface area contributed by atoms with Crippen molar-refractivity contribution in [3.8, 4) is 5.75 Å². The molecule has 2 fully saturated rings. The number of hydrogen-bond donors (Lipinski definition) is 1. The van der Waals surface area contributed by atoms with E-state index < -0.39 is 0 Å². The molecule has 0 atom stereocenters. The van der Waals surface area contributed by atoms with Crippen LogP contribution in [-0.4, -0.2) is 80.9 Å². The van der Waals surface area contributed by atoms with Crippen LogP contribution in [0.5, 0.6) is 5.75 Å². The average molecular weight is 530 g/mol. The lowest BCUT2D eigenvalue weighted by molar-refractivity contribution is -0.0139. The van der Waals surface area contributed by atoms with Gasteiger partial charge < -0.3 is 19.7 Å². The summed E-state index contributed by atoms with van der Waals surface area (Å²) in [7, 11) is 2.09. The second kappa shape index (κ2) is 12.7. The largest absolute Gasteiger partial charge is 0.491 e. The Hall–Kier alpha value is -1.06. The van der Waals surface area contributed by atoms with Gasteiger partial charge in [0.05, 0.1) is 13.1 Å². The van der Waals surface area contributed by atoms with Gasteiger partial charge in [-0.2, -0.15) is 0 Å². The zero-order chi connectivity index (χ0) is 20.5. The molecule has 0 bridgehead atoms. The second-order valence-electron chi connectivity index (χ2n) is 8.24. The molecule has 2 heterocycles. The fourth-order valence-electron chi connectivity index (χ4n) is 4.33. The van der Waals surface area contributed by atoms with Crippen molar-refractivity contribution < 1.29 is 9.47 Å². The normalized spacial score (nSPS) is 19.2. The molecule has 0 saturated carbocycles. The van der Waals surface area contributed by atoms with E-state index in [1.54, 1.807) is 0 Å². The van der Waals surface area contributed by atoms with Crippen LogP contribution in [0.4, 0.5) is 0 Å². The number of nitrogens with zero attached hydrogens (tertiary/aromatic N) is 3. The Kier molecular flexibility index (Phi) is 10.7. The maximum atomic E-state index is 5.98. The number of guanidine groups is 1. The molecule has 30 heavy (non-hydrogen) atoms. The Balaban J connectivity index is 0.00000320. The van der Waals surface area contributed by atoms with Gasteiger partial charge in [-0.05, 0) is 64.3 Å². The number of hydrogen-bond acceptors (Lipinski definition) is 4. The van der Waals surface area contributed by atoms with Crippen LogP contribution in [-0.2, 0) is 4.74 Å². The van der Waals surface area contributed by atoms with E-state index in [-0.39, 0.29) is 29.5 Å². The van der Waals surface area contributed by atoms with E-state index in [1.165, 1.54) is 31.5 Å². The first-order valence-electron chi connectivity index (χ1n) is 11.2. The minimum atomic E-state index is 0. The second-order valence-corrected chi connectivity index (χ2v) is 8.24. The fraction of sp³-hybridized carbons (Fsp3) is 0.696. The smallest absolute Gasteiger partial charge is 0.193 e. The summed E-state index contributed by atoms with van der Waals surface area (Å²) in [5, 5.41) is 3.46. The van der Waals surface area contributed by atoms with Gasteiger partial charge in [-0.15, -0.1) is 24.0 Å². The molecule has 0 aliphatic carbocycles. The molecule has 1 N–H and O–H groups in total. The van der Waals surface area contributed by atoms with Crippen LogP contribution >= 0.6 is 24.0 Å². The average Bonchev–Trinajstić information content (AvgIpc) is 3.29. The maximum Gasteiger partial charge on any atom is 0.193 e. The molecule has 1 aromatic carbocycles.